The fraction of sp³-hybridized carbons (Fsp3) is 0.500. The Morgan fingerprint density at radius 2 is 1.75 bits per heavy atom. The van der Waals surface area contributed by atoms with Gasteiger partial charge in [-0.2, -0.15) is 4.31 Å². The Hall–Kier alpha value is -1.51. The molecule has 0 aliphatic carbocycles. The smallest absolute Gasteiger partial charge is 0.269 e. The highest BCUT2D eigenvalue weighted by Crippen LogP contribution is 2.26. The average molecular weight is 300 g/mol. The minimum atomic E-state index is -3.66. The van der Waals surface area contributed by atoms with Crippen molar-refractivity contribution in [2.75, 3.05) is 13.1 Å². The molecule has 110 valence electrons. The van der Waals surface area contributed by atoms with E-state index in [1.807, 2.05) is 0 Å². The van der Waals surface area contributed by atoms with Gasteiger partial charge in [-0.3, -0.25) is 10.1 Å². The fourth-order valence-corrected chi connectivity index (χ4v) is 3.54. The molecule has 0 atom stereocenters. The van der Waals surface area contributed by atoms with E-state index >= 15 is 0 Å². The molecule has 1 aromatic rings. The maximum absolute atomic E-state index is 12.4. The van der Waals surface area contributed by atoms with E-state index in [9.17, 15) is 23.6 Å². The van der Waals surface area contributed by atoms with Crippen molar-refractivity contribution in [2.24, 2.45) is 0 Å². The van der Waals surface area contributed by atoms with Crippen LogP contribution in [0.5, 0.6) is 0 Å². The van der Waals surface area contributed by atoms with Crippen LogP contribution >= 0.6 is 0 Å². The number of piperidine rings is 1. The summed E-state index contributed by atoms with van der Waals surface area (Å²) in [7, 11) is -3.66. The number of non-ortho nitro benzene ring substituents is 1. The third-order valence-corrected chi connectivity index (χ3v) is 5.40. The Labute approximate surface area is 117 Å². The van der Waals surface area contributed by atoms with E-state index in [1.165, 1.54) is 28.6 Å². The second kappa shape index (κ2) is 5.12. The van der Waals surface area contributed by atoms with Crippen LogP contribution in [0.15, 0.2) is 29.2 Å². The van der Waals surface area contributed by atoms with Crippen LogP contribution < -0.4 is 0 Å². The number of nitro groups is 1. The van der Waals surface area contributed by atoms with E-state index in [0.717, 1.165) is 0 Å². The van der Waals surface area contributed by atoms with E-state index in [4.69, 9.17) is 0 Å². The summed E-state index contributed by atoms with van der Waals surface area (Å²) >= 11 is 0. The van der Waals surface area contributed by atoms with Crippen LogP contribution in [-0.4, -0.2) is 41.4 Å². The zero-order valence-electron chi connectivity index (χ0n) is 11.0. The molecule has 2 rings (SSSR count). The summed E-state index contributed by atoms with van der Waals surface area (Å²) in [5.74, 6) is 0. The summed E-state index contributed by atoms with van der Waals surface area (Å²) in [6.45, 7) is 2.17. The van der Waals surface area contributed by atoms with Crippen molar-refractivity contribution in [3.63, 3.8) is 0 Å². The topological polar surface area (TPSA) is 101 Å². The van der Waals surface area contributed by atoms with E-state index in [1.54, 1.807) is 6.92 Å². The average Bonchev–Trinajstić information content (AvgIpc) is 2.38. The normalized spacial score (nSPS) is 19.7. The minimum Gasteiger partial charge on any atom is -0.390 e. The molecular weight excluding hydrogens is 284 g/mol. The Kier molecular flexibility index (Phi) is 3.81. The first-order chi connectivity index (χ1) is 9.22. The first kappa shape index (κ1) is 14.9. The van der Waals surface area contributed by atoms with Crippen molar-refractivity contribution < 1.29 is 18.4 Å². The summed E-state index contributed by atoms with van der Waals surface area (Å²) in [6.07, 6.45) is 0.748. The lowest BCUT2D eigenvalue weighted by Crippen LogP contribution is -2.45. The van der Waals surface area contributed by atoms with E-state index in [0.29, 0.717) is 12.8 Å². The third kappa shape index (κ3) is 2.97. The molecule has 0 saturated carbocycles. The quantitative estimate of drug-likeness (QED) is 0.666. The van der Waals surface area contributed by atoms with E-state index < -0.39 is 20.5 Å². The highest BCUT2D eigenvalue weighted by Gasteiger charge is 2.34. The second-order valence-electron chi connectivity index (χ2n) is 5.15. The molecule has 1 saturated heterocycles. The molecule has 8 heteroatoms. The van der Waals surface area contributed by atoms with Gasteiger partial charge in [-0.15, -0.1) is 0 Å². The number of aliphatic hydroxyl groups is 1. The van der Waals surface area contributed by atoms with E-state index in [-0.39, 0.29) is 23.7 Å². The Bertz CT molecular complexity index is 599. The van der Waals surface area contributed by atoms with Crippen LogP contribution in [-0.2, 0) is 10.0 Å². The van der Waals surface area contributed by atoms with Crippen LogP contribution in [0.2, 0.25) is 0 Å². The lowest BCUT2D eigenvalue weighted by molar-refractivity contribution is -0.384. The van der Waals surface area contributed by atoms with Gasteiger partial charge in [0.2, 0.25) is 10.0 Å². The standard InChI is InChI=1S/C12H16N2O5S/c1-12(15)6-8-13(9-7-12)20(18,19)11-4-2-10(3-5-11)14(16)17/h2-5,15H,6-9H2,1H3. The van der Waals surface area contributed by atoms with Gasteiger partial charge in [-0.05, 0) is 31.9 Å². The zero-order chi connectivity index (χ0) is 15.0. The highest BCUT2D eigenvalue weighted by molar-refractivity contribution is 7.89. The largest absolute Gasteiger partial charge is 0.390 e. The Morgan fingerprint density at radius 3 is 2.20 bits per heavy atom. The van der Waals surface area contributed by atoms with Crippen molar-refractivity contribution in [3.05, 3.63) is 34.4 Å². The summed E-state index contributed by atoms with van der Waals surface area (Å²) < 4.78 is 26.0. The van der Waals surface area contributed by atoms with Gasteiger partial charge in [0.05, 0.1) is 15.4 Å². The van der Waals surface area contributed by atoms with Gasteiger partial charge in [0.1, 0.15) is 0 Å². The number of hydrogen-bond donors (Lipinski definition) is 1. The van der Waals surface area contributed by atoms with Gasteiger partial charge in [0.25, 0.3) is 5.69 Å². The molecule has 7 nitrogen and oxygen atoms in total. The molecule has 0 aromatic heterocycles. The lowest BCUT2D eigenvalue weighted by atomic mass is 9.95. The first-order valence-electron chi connectivity index (χ1n) is 6.19. The number of rotatable bonds is 3. The molecule has 1 N–H and O–H groups in total. The molecule has 1 aliphatic heterocycles. The molecule has 0 bridgehead atoms. The second-order valence-corrected chi connectivity index (χ2v) is 7.09. The summed E-state index contributed by atoms with van der Waals surface area (Å²) in [5, 5.41) is 20.4. The summed E-state index contributed by atoms with van der Waals surface area (Å²) in [4.78, 5) is 10.0. The van der Waals surface area contributed by atoms with E-state index in [2.05, 4.69) is 0 Å². The molecular formula is C12H16N2O5S. The maximum atomic E-state index is 12.4. The summed E-state index contributed by atoms with van der Waals surface area (Å²) in [6, 6.07) is 4.82. The van der Waals surface area contributed by atoms with Crippen molar-refractivity contribution in [1.29, 1.82) is 0 Å². The number of benzene rings is 1. The molecule has 0 radical (unpaired) electrons. The van der Waals surface area contributed by atoms with Crippen molar-refractivity contribution in [1.82, 2.24) is 4.31 Å². The molecule has 1 aliphatic rings. The lowest BCUT2D eigenvalue weighted by Gasteiger charge is -2.34. The van der Waals surface area contributed by atoms with Crippen molar-refractivity contribution >= 4 is 15.7 Å². The molecule has 1 aromatic carbocycles. The molecule has 0 unspecified atom stereocenters. The van der Waals surface area contributed by atoms with Crippen LogP contribution in [0, 0.1) is 10.1 Å². The van der Waals surface area contributed by atoms with Gasteiger partial charge >= 0.3 is 0 Å². The monoisotopic (exact) mass is 300 g/mol. The maximum Gasteiger partial charge on any atom is 0.269 e. The van der Waals surface area contributed by atoms with Gasteiger partial charge in [0.15, 0.2) is 0 Å². The van der Waals surface area contributed by atoms with Crippen molar-refractivity contribution in [2.45, 2.75) is 30.3 Å². The molecule has 1 fully saturated rings. The van der Waals surface area contributed by atoms with Gasteiger partial charge in [-0.25, -0.2) is 8.42 Å². The SMILES string of the molecule is CC1(O)CCN(S(=O)(=O)c2ccc([N+](=O)[O-])cc2)CC1. The van der Waals surface area contributed by atoms with Crippen LogP contribution in [0.25, 0.3) is 0 Å². The molecule has 1 heterocycles. The third-order valence-electron chi connectivity index (χ3n) is 3.48. The zero-order valence-corrected chi connectivity index (χ0v) is 11.8. The highest BCUT2D eigenvalue weighted by atomic mass is 32.2. The Morgan fingerprint density at radius 1 is 1.25 bits per heavy atom. The number of hydrogen-bond acceptors (Lipinski definition) is 5. The number of nitro benzene ring substituents is 1. The van der Waals surface area contributed by atoms with Gasteiger partial charge in [0, 0.05) is 25.2 Å². The summed E-state index contributed by atoms with van der Waals surface area (Å²) in [5.41, 5.74) is -0.980. The van der Waals surface area contributed by atoms with Crippen molar-refractivity contribution in [3.8, 4) is 0 Å². The molecule has 0 spiro atoms. The minimum absolute atomic E-state index is 0.0321. The van der Waals surface area contributed by atoms with Crippen LogP contribution in [0.4, 0.5) is 5.69 Å². The molecule has 0 amide bonds. The fourth-order valence-electron chi connectivity index (χ4n) is 2.10. The molecule has 20 heavy (non-hydrogen) atoms. The van der Waals surface area contributed by atoms with Gasteiger partial charge < -0.3 is 5.11 Å². The van der Waals surface area contributed by atoms with Crippen LogP contribution in [0.1, 0.15) is 19.8 Å². The number of nitrogens with zero attached hydrogens (tertiary/aromatic N) is 2. The number of sulfonamides is 1. The first-order valence-corrected chi connectivity index (χ1v) is 7.63. The Balaban J connectivity index is 2.20. The predicted octanol–water partition coefficient (Wildman–Crippen LogP) is 1.13. The predicted molar refractivity (Wildman–Crippen MR) is 71.7 cm³/mol. The van der Waals surface area contributed by atoms with Crippen LogP contribution in [0.3, 0.4) is 0 Å². The van der Waals surface area contributed by atoms with Gasteiger partial charge in [-0.1, -0.05) is 0 Å².